The molecule has 0 heterocycles. The number of unbranched alkanes of at least 4 members (excludes halogenated alkanes) is 3. The molecule has 0 amide bonds. The molecule has 0 nitrogen and oxygen atoms in total. The Morgan fingerprint density at radius 1 is 1.00 bits per heavy atom. The lowest BCUT2D eigenvalue weighted by molar-refractivity contribution is 0.302. The minimum Gasteiger partial charge on any atom is -0.216 e. The van der Waals surface area contributed by atoms with Crippen LogP contribution in [-0.4, -0.2) is 0 Å². The summed E-state index contributed by atoms with van der Waals surface area (Å²) in [6.07, 6.45) is 15.4. The van der Waals surface area contributed by atoms with Crippen molar-refractivity contribution < 1.29 is 4.39 Å². The first-order valence-electron chi connectivity index (χ1n) is 9.17. The lowest BCUT2D eigenvalue weighted by Crippen LogP contribution is -2.13. The van der Waals surface area contributed by atoms with Crippen molar-refractivity contribution in [2.45, 2.75) is 77.0 Å². The van der Waals surface area contributed by atoms with E-state index >= 15 is 0 Å². The van der Waals surface area contributed by atoms with E-state index in [1.165, 1.54) is 68.9 Å². The van der Waals surface area contributed by atoms with Crippen LogP contribution in [0.1, 0.15) is 81.8 Å². The van der Waals surface area contributed by atoms with Gasteiger partial charge in [-0.3, -0.25) is 0 Å². The third kappa shape index (κ3) is 5.59. The monoisotopic (exact) mass is 302 g/mol. The molecule has 0 atom stereocenters. The molecule has 0 aliphatic heterocycles. The zero-order chi connectivity index (χ0) is 15.6. The highest BCUT2D eigenvalue weighted by molar-refractivity contribution is 5.27. The van der Waals surface area contributed by atoms with Gasteiger partial charge in [-0.15, -0.1) is 0 Å². The van der Waals surface area contributed by atoms with Gasteiger partial charge in [0.2, 0.25) is 0 Å². The summed E-state index contributed by atoms with van der Waals surface area (Å²) in [6, 6.07) is 8.83. The van der Waals surface area contributed by atoms with E-state index in [1.54, 1.807) is 6.08 Å². The number of benzene rings is 1. The highest BCUT2D eigenvalue weighted by Gasteiger charge is 2.21. The molecular formula is C21H31F. The molecular weight excluding hydrogens is 271 g/mol. The van der Waals surface area contributed by atoms with Crippen molar-refractivity contribution in [2.24, 2.45) is 5.92 Å². The van der Waals surface area contributed by atoms with Crippen LogP contribution in [0.3, 0.4) is 0 Å². The molecule has 1 aliphatic carbocycles. The molecule has 0 bridgehead atoms. The SMILES string of the molecule is CCCCCC[C@H]1CC[C@H](c2ccc(C/C=C/F)cc2)CC1. The summed E-state index contributed by atoms with van der Waals surface area (Å²) < 4.78 is 12.0. The van der Waals surface area contributed by atoms with Crippen molar-refractivity contribution in [1.82, 2.24) is 0 Å². The van der Waals surface area contributed by atoms with E-state index in [2.05, 4.69) is 31.2 Å². The second kappa shape index (κ2) is 9.82. The molecule has 0 saturated heterocycles. The maximum Gasteiger partial charge on any atom is 0.0830 e. The molecule has 0 unspecified atom stereocenters. The molecule has 2 rings (SSSR count). The molecule has 1 aromatic rings. The van der Waals surface area contributed by atoms with Crippen molar-refractivity contribution >= 4 is 0 Å². The van der Waals surface area contributed by atoms with Gasteiger partial charge < -0.3 is 0 Å². The Labute approximate surface area is 135 Å². The fourth-order valence-corrected chi connectivity index (χ4v) is 3.75. The number of halogens is 1. The lowest BCUT2D eigenvalue weighted by atomic mass is 9.77. The average Bonchev–Trinajstić information content (AvgIpc) is 2.58. The maximum atomic E-state index is 12.0. The van der Waals surface area contributed by atoms with Gasteiger partial charge in [-0.25, -0.2) is 4.39 Å². The van der Waals surface area contributed by atoms with E-state index in [4.69, 9.17) is 0 Å². The van der Waals surface area contributed by atoms with E-state index in [1.807, 2.05) is 0 Å². The zero-order valence-electron chi connectivity index (χ0n) is 14.1. The third-order valence-corrected chi connectivity index (χ3v) is 5.21. The zero-order valence-corrected chi connectivity index (χ0v) is 14.1. The van der Waals surface area contributed by atoms with E-state index in [9.17, 15) is 4.39 Å². The first-order valence-corrected chi connectivity index (χ1v) is 9.17. The molecule has 1 aliphatic rings. The van der Waals surface area contributed by atoms with Gasteiger partial charge in [0, 0.05) is 0 Å². The molecule has 1 fully saturated rings. The Balaban J connectivity index is 1.74. The molecule has 0 spiro atoms. The first-order chi connectivity index (χ1) is 10.8. The van der Waals surface area contributed by atoms with Gasteiger partial charge in [-0.2, -0.15) is 0 Å². The van der Waals surface area contributed by atoms with Crippen molar-refractivity contribution in [3.8, 4) is 0 Å². The molecule has 1 heteroatoms. The summed E-state index contributed by atoms with van der Waals surface area (Å²) in [5.74, 6) is 1.72. The third-order valence-electron chi connectivity index (χ3n) is 5.21. The molecule has 0 N–H and O–H groups in total. The molecule has 0 aromatic heterocycles. The fraction of sp³-hybridized carbons (Fsp3) is 0.619. The minimum atomic E-state index is 0.635. The Kier molecular flexibility index (Phi) is 7.70. The van der Waals surface area contributed by atoms with Gasteiger partial charge in [0.15, 0.2) is 0 Å². The Morgan fingerprint density at radius 2 is 1.73 bits per heavy atom. The average molecular weight is 302 g/mol. The quantitative estimate of drug-likeness (QED) is 0.455. The molecule has 122 valence electrons. The summed E-state index contributed by atoms with van der Waals surface area (Å²) in [6.45, 7) is 2.28. The van der Waals surface area contributed by atoms with Gasteiger partial charge >= 0.3 is 0 Å². The van der Waals surface area contributed by atoms with E-state index in [0.717, 1.165) is 11.8 Å². The van der Waals surface area contributed by atoms with Crippen LogP contribution >= 0.6 is 0 Å². The number of allylic oxidation sites excluding steroid dienone is 1. The highest BCUT2D eigenvalue weighted by atomic mass is 19.1. The molecule has 0 radical (unpaired) electrons. The molecule has 22 heavy (non-hydrogen) atoms. The normalized spacial score (nSPS) is 22.3. The van der Waals surface area contributed by atoms with Crippen LogP contribution in [0.2, 0.25) is 0 Å². The van der Waals surface area contributed by atoms with Crippen LogP contribution in [0.15, 0.2) is 36.7 Å². The van der Waals surface area contributed by atoms with E-state index in [-0.39, 0.29) is 0 Å². The van der Waals surface area contributed by atoms with Crippen molar-refractivity contribution in [2.75, 3.05) is 0 Å². The van der Waals surface area contributed by atoms with Crippen LogP contribution in [0, 0.1) is 5.92 Å². The summed E-state index contributed by atoms with van der Waals surface area (Å²) in [5, 5.41) is 0. The number of hydrogen-bond donors (Lipinski definition) is 0. The van der Waals surface area contributed by atoms with Gasteiger partial charge in [0.1, 0.15) is 0 Å². The summed E-state index contributed by atoms with van der Waals surface area (Å²) >= 11 is 0. The lowest BCUT2D eigenvalue weighted by Gasteiger charge is -2.29. The Morgan fingerprint density at radius 3 is 2.36 bits per heavy atom. The second-order valence-corrected chi connectivity index (χ2v) is 6.87. The van der Waals surface area contributed by atoms with Crippen molar-refractivity contribution in [1.29, 1.82) is 0 Å². The number of hydrogen-bond acceptors (Lipinski definition) is 0. The minimum absolute atomic E-state index is 0.635. The van der Waals surface area contributed by atoms with Crippen LogP contribution < -0.4 is 0 Å². The van der Waals surface area contributed by atoms with E-state index in [0.29, 0.717) is 12.8 Å². The standard InChI is InChI=1S/C21H31F/c1-2-3-4-5-7-18-9-13-20(14-10-18)21-15-11-19(12-16-21)8-6-17-22/h6,11-12,15-18,20H,2-5,7-10,13-14H2,1H3/b17-6+/t18-,20-. The highest BCUT2D eigenvalue weighted by Crippen LogP contribution is 2.37. The van der Waals surface area contributed by atoms with Crippen molar-refractivity contribution in [3.05, 3.63) is 47.8 Å². The van der Waals surface area contributed by atoms with Gasteiger partial charge in [0.25, 0.3) is 0 Å². The van der Waals surface area contributed by atoms with Gasteiger partial charge in [-0.1, -0.05) is 69.4 Å². The van der Waals surface area contributed by atoms with Gasteiger partial charge in [0.05, 0.1) is 6.33 Å². The van der Waals surface area contributed by atoms with Crippen molar-refractivity contribution in [3.63, 3.8) is 0 Å². The summed E-state index contributed by atoms with van der Waals surface area (Å²) in [5.41, 5.74) is 2.68. The Hall–Kier alpha value is -1.11. The smallest absolute Gasteiger partial charge is 0.0830 e. The topological polar surface area (TPSA) is 0 Å². The number of rotatable bonds is 8. The summed E-state index contributed by atoms with van der Waals surface area (Å²) in [4.78, 5) is 0. The Bertz CT molecular complexity index is 424. The van der Waals surface area contributed by atoms with Gasteiger partial charge in [-0.05, 0) is 55.1 Å². The largest absolute Gasteiger partial charge is 0.216 e. The van der Waals surface area contributed by atoms with E-state index < -0.39 is 0 Å². The predicted molar refractivity (Wildman–Crippen MR) is 93.9 cm³/mol. The van der Waals surface area contributed by atoms with Crippen LogP contribution in [0.5, 0.6) is 0 Å². The maximum absolute atomic E-state index is 12.0. The second-order valence-electron chi connectivity index (χ2n) is 6.87. The van der Waals surface area contributed by atoms with Crippen LogP contribution in [0.25, 0.3) is 0 Å². The summed E-state index contributed by atoms with van der Waals surface area (Å²) in [7, 11) is 0. The molecule has 1 saturated carbocycles. The van der Waals surface area contributed by atoms with Crippen LogP contribution in [0.4, 0.5) is 4.39 Å². The molecule has 1 aromatic carbocycles. The van der Waals surface area contributed by atoms with Crippen LogP contribution in [-0.2, 0) is 6.42 Å². The first kappa shape index (κ1) is 17.2. The predicted octanol–water partition coefficient (Wildman–Crippen LogP) is 6.96. The fourth-order valence-electron chi connectivity index (χ4n) is 3.75.